The van der Waals surface area contributed by atoms with Crippen LogP contribution < -0.4 is 0 Å². The van der Waals surface area contributed by atoms with Gasteiger partial charge in [0.2, 0.25) is 0 Å². The molecule has 0 radical (unpaired) electrons. The monoisotopic (exact) mass is 332 g/mol. The van der Waals surface area contributed by atoms with E-state index in [0.29, 0.717) is 11.1 Å². The lowest BCUT2D eigenvalue weighted by Gasteiger charge is -2.01. The second-order valence-electron chi connectivity index (χ2n) is 5.43. The van der Waals surface area contributed by atoms with Crippen molar-refractivity contribution >= 4 is 11.6 Å². The lowest BCUT2D eigenvalue weighted by molar-refractivity contribution is -0.117. The molecule has 0 bridgehead atoms. The first-order valence-electron chi connectivity index (χ1n) is 7.19. The van der Waals surface area contributed by atoms with Gasteiger partial charge in [-0.2, -0.15) is 0 Å². The molecule has 0 saturated heterocycles. The Morgan fingerprint density at radius 2 is 1.29 bits per heavy atom. The predicted molar refractivity (Wildman–Crippen MR) is 88.3 cm³/mol. The first kappa shape index (κ1) is 19.0. The van der Waals surface area contributed by atoms with Crippen LogP contribution in [0.5, 0.6) is 23.0 Å². The molecule has 24 heavy (non-hydrogen) atoms. The van der Waals surface area contributed by atoms with Gasteiger partial charge in [0.1, 0.15) is 34.6 Å². The third kappa shape index (κ3) is 6.83. The van der Waals surface area contributed by atoms with Gasteiger partial charge in [-0.25, -0.2) is 0 Å². The second-order valence-corrected chi connectivity index (χ2v) is 5.43. The van der Waals surface area contributed by atoms with Crippen LogP contribution in [0.2, 0.25) is 0 Å². The number of carbonyl (C=O) groups is 2. The number of ketones is 2. The predicted octanol–water partition coefficient (Wildman–Crippen LogP) is 2.46. The molecule has 4 N–H and O–H groups in total. The fraction of sp³-hybridized carbons (Fsp3) is 0.222. The summed E-state index contributed by atoms with van der Waals surface area (Å²) in [6, 6.07) is 8.34. The number of rotatable bonds is 4. The smallest absolute Gasteiger partial charge is 0.134 e. The highest BCUT2D eigenvalue weighted by Crippen LogP contribution is 2.23. The van der Waals surface area contributed by atoms with Gasteiger partial charge in [-0.15, -0.1) is 0 Å². The molecule has 0 aliphatic heterocycles. The zero-order chi connectivity index (χ0) is 18.3. The van der Waals surface area contributed by atoms with E-state index in [2.05, 4.69) is 0 Å². The number of benzene rings is 2. The van der Waals surface area contributed by atoms with Crippen molar-refractivity contribution in [2.45, 2.75) is 26.7 Å². The Bertz CT molecular complexity index is 716. The summed E-state index contributed by atoms with van der Waals surface area (Å²) < 4.78 is 0. The van der Waals surface area contributed by atoms with Crippen molar-refractivity contribution in [3.8, 4) is 23.0 Å². The number of phenolic OH excluding ortho intramolecular Hbond substituents is 4. The fourth-order valence-corrected chi connectivity index (χ4v) is 2.02. The van der Waals surface area contributed by atoms with Crippen molar-refractivity contribution in [2.24, 2.45) is 0 Å². The van der Waals surface area contributed by atoms with Crippen molar-refractivity contribution in [1.82, 2.24) is 0 Å². The van der Waals surface area contributed by atoms with Gasteiger partial charge >= 0.3 is 0 Å². The van der Waals surface area contributed by atoms with Gasteiger partial charge in [-0.1, -0.05) is 6.07 Å². The molecule has 2 rings (SSSR count). The Labute approximate surface area is 139 Å². The van der Waals surface area contributed by atoms with Crippen molar-refractivity contribution < 1.29 is 30.0 Å². The van der Waals surface area contributed by atoms with E-state index in [-0.39, 0.29) is 47.4 Å². The largest absolute Gasteiger partial charge is 0.508 e. The minimum atomic E-state index is -0.0369. The summed E-state index contributed by atoms with van der Waals surface area (Å²) in [5.41, 5.74) is 1.17. The van der Waals surface area contributed by atoms with E-state index in [1.54, 1.807) is 0 Å². The van der Waals surface area contributed by atoms with Gasteiger partial charge < -0.3 is 20.4 Å². The molecule has 0 amide bonds. The highest BCUT2D eigenvalue weighted by molar-refractivity contribution is 5.79. The first-order chi connectivity index (χ1) is 11.2. The maximum atomic E-state index is 10.7. The molecule has 0 aromatic heterocycles. The number of aromatic hydroxyl groups is 4. The molecule has 0 aliphatic rings. The number of hydrogen-bond donors (Lipinski definition) is 4. The highest BCUT2D eigenvalue weighted by Gasteiger charge is 2.04. The lowest BCUT2D eigenvalue weighted by atomic mass is 10.1. The third-order valence-electron chi connectivity index (χ3n) is 2.92. The zero-order valence-corrected chi connectivity index (χ0v) is 13.5. The normalized spacial score (nSPS) is 9.75. The molecule has 6 nitrogen and oxygen atoms in total. The minimum absolute atomic E-state index is 0.000000000000000222. The Morgan fingerprint density at radius 1 is 0.750 bits per heavy atom. The molecule has 0 atom stereocenters. The van der Waals surface area contributed by atoms with Crippen LogP contribution in [0.25, 0.3) is 0 Å². The summed E-state index contributed by atoms with van der Waals surface area (Å²) in [7, 11) is 0. The van der Waals surface area contributed by atoms with E-state index >= 15 is 0 Å². The molecule has 0 aliphatic carbocycles. The van der Waals surface area contributed by atoms with Gasteiger partial charge in [0.25, 0.3) is 0 Å². The van der Waals surface area contributed by atoms with Gasteiger partial charge in [-0.3, -0.25) is 9.59 Å². The SMILES string of the molecule is CC(=O)Cc1cc(O)cc(O)c1.CC(=O)Cc1ccc(O)cc1O. The molecule has 0 spiro atoms. The van der Waals surface area contributed by atoms with Gasteiger partial charge in [0.05, 0.1) is 0 Å². The van der Waals surface area contributed by atoms with E-state index in [4.69, 9.17) is 15.3 Å². The van der Waals surface area contributed by atoms with Crippen LogP contribution in [-0.4, -0.2) is 32.0 Å². The Balaban J connectivity index is 0.000000240. The zero-order valence-electron chi connectivity index (χ0n) is 13.5. The van der Waals surface area contributed by atoms with Crippen LogP contribution >= 0.6 is 0 Å². The summed E-state index contributed by atoms with van der Waals surface area (Å²) in [5, 5.41) is 36.2. The van der Waals surface area contributed by atoms with Crippen LogP contribution in [0, 0.1) is 0 Å². The molecule has 6 heteroatoms. The molecule has 128 valence electrons. The van der Waals surface area contributed by atoms with Gasteiger partial charge in [-0.05, 0) is 37.6 Å². The van der Waals surface area contributed by atoms with Crippen molar-refractivity contribution in [1.29, 1.82) is 0 Å². The van der Waals surface area contributed by atoms with Crippen molar-refractivity contribution in [2.75, 3.05) is 0 Å². The lowest BCUT2D eigenvalue weighted by Crippen LogP contribution is -1.95. The molecule has 2 aromatic carbocycles. The average Bonchev–Trinajstić information content (AvgIpc) is 2.40. The topological polar surface area (TPSA) is 115 Å². The van der Waals surface area contributed by atoms with Crippen LogP contribution in [-0.2, 0) is 22.4 Å². The minimum Gasteiger partial charge on any atom is -0.508 e. The standard InChI is InChI=1S/2C9H10O3/c1-6(10)2-7-3-8(11)5-9(12)4-7;1-6(10)4-7-2-3-8(11)5-9(7)12/h3-5,11-12H,2H2,1H3;2-3,5,11-12H,4H2,1H3. The van der Waals surface area contributed by atoms with Crippen LogP contribution in [0.4, 0.5) is 0 Å². The molecule has 0 fully saturated rings. The molecular formula is C18H20O6. The average molecular weight is 332 g/mol. The van der Waals surface area contributed by atoms with E-state index in [0.717, 1.165) is 0 Å². The maximum absolute atomic E-state index is 10.7. The number of phenols is 4. The van der Waals surface area contributed by atoms with Crippen molar-refractivity contribution in [3.05, 3.63) is 47.5 Å². The number of carbonyl (C=O) groups excluding carboxylic acids is 2. The summed E-state index contributed by atoms with van der Waals surface area (Å²) in [5.74, 6) is -0.0986. The summed E-state index contributed by atoms with van der Waals surface area (Å²) in [6.45, 7) is 2.91. The van der Waals surface area contributed by atoms with Crippen LogP contribution in [0.15, 0.2) is 36.4 Å². The highest BCUT2D eigenvalue weighted by atomic mass is 16.3. The quantitative estimate of drug-likeness (QED) is 0.683. The molecule has 0 unspecified atom stereocenters. The van der Waals surface area contributed by atoms with Crippen LogP contribution in [0.3, 0.4) is 0 Å². The molecular weight excluding hydrogens is 312 g/mol. The number of hydrogen-bond acceptors (Lipinski definition) is 6. The van der Waals surface area contributed by atoms with E-state index in [1.165, 1.54) is 50.2 Å². The van der Waals surface area contributed by atoms with Gasteiger partial charge in [0, 0.05) is 30.5 Å². The number of Topliss-reactive ketones (excluding diaryl/α,β-unsaturated/α-hetero) is 2. The molecule has 2 aromatic rings. The molecule has 0 heterocycles. The first-order valence-corrected chi connectivity index (χ1v) is 7.19. The summed E-state index contributed by atoms with van der Waals surface area (Å²) in [4.78, 5) is 21.3. The Kier molecular flexibility index (Phi) is 6.79. The van der Waals surface area contributed by atoms with E-state index in [9.17, 15) is 14.7 Å². The maximum Gasteiger partial charge on any atom is 0.134 e. The van der Waals surface area contributed by atoms with Crippen LogP contribution in [0.1, 0.15) is 25.0 Å². The van der Waals surface area contributed by atoms with Gasteiger partial charge in [0.15, 0.2) is 0 Å². The third-order valence-corrected chi connectivity index (χ3v) is 2.92. The fourth-order valence-electron chi connectivity index (χ4n) is 2.02. The summed E-state index contributed by atoms with van der Waals surface area (Å²) >= 11 is 0. The second kappa shape index (κ2) is 8.57. The summed E-state index contributed by atoms with van der Waals surface area (Å²) in [6.07, 6.45) is 0.439. The van der Waals surface area contributed by atoms with E-state index < -0.39 is 0 Å². The van der Waals surface area contributed by atoms with Crippen molar-refractivity contribution in [3.63, 3.8) is 0 Å². The van der Waals surface area contributed by atoms with E-state index in [1.807, 2.05) is 0 Å². The Hall–Kier alpha value is -3.02. The molecule has 0 saturated carbocycles. The Morgan fingerprint density at radius 3 is 1.75 bits per heavy atom.